The van der Waals surface area contributed by atoms with Crippen molar-refractivity contribution in [3.05, 3.63) is 58.9 Å². The molecule has 5 heteroatoms. The van der Waals surface area contributed by atoms with E-state index >= 15 is 0 Å². The van der Waals surface area contributed by atoms with Gasteiger partial charge in [0.1, 0.15) is 0 Å². The number of pyridine rings is 1. The molecule has 0 radical (unpaired) electrons. The van der Waals surface area contributed by atoms with Crippen LogP contribution in [0.5, 0.6) is 0 Å². The Labute approximate surface area is 146 Å². The van der Waals surface area contributed by atoms with E-state index in [1.54, 1.807) is 6.20 Å². The number of aromatic nitrogens is 2. The van der Waals surface area contributed by atoms with Crippen molar-refractivity contribution in [2.75, 3.05) is 0 Å². The second-order valence-corrected chi connectivity index (χ2v) is 6.76. The number of carbonyl (C=O) groups excluding carboxylic acids is 1. The molecular weight excluding hydrogens is 314 g/mol. The highest BCUT2D eigenvalue weighted by molar-refractivity contribution is 5.97. The molecule has 1 amide bonds. The first-order valence-corrected chi connectivity index (χ1v) is 8.77. The number of nitrogens with one attached hydrogen (secondary N) is 1. The maximum absolute atomic E-state index is 12.8. The molecule has 1 N–H and O–H groups in total. The summed E-state index contributed by atoms with van der Waals surface area (Å²) >= 11 is 0. The summed E-state index contributed by atoms with van der Waals surface area (Å²) in [6.07, 6.45) is 4.61. The molecule has 1 atom stereocenters. The molecule has 3 aromatic rings. The maximum Gasteiger partial charge on any atom is 0.257 e. The Balaban J connectivity index is 1.60. The van der Waals surface area contributed by atoms with Gasteiger partial charge in [-0.1, -0.05) is 41.9 Å². The lowest BCUT2D eigenvalue weighted by Gasteiger charge is -2.19. The van der Waals surface area contributed by atoms with Gasteiger partial charge in [-0.2, -0.15) is 0 Å². The molecule has 2 aromatic heterocycles. The van der Waals surface area contributed by atoms with Crippen molar-refractivity contribution in [2.45, 2.75) is 39.2 Å². The Bertz CT molecular complexity index is 910. The molecule has 1 saturated carbocycles. The van der Waals surface area contributed by atoms with Crippen LogP contribution in [-0.4, -0.2) is 16.0 Å². The SMILES string of the molecule is CCc1noc2ncc(C(=O)NC(c3ccc(C)cc3)C3CC3)cc12. The van der Waals surface area contributed by atoms with E-state index in [2.05, 4.69) is 46.6 Å². The average Bonchev–Trinajstić information content (AvgIpc) is 3.39. The average molecular weight is 335 g/mol. The topological polar surface area (TPSA) is 68.0 Å². The van der Waals surface area contributed by atoms with Crippen LogP contribution in [0.2, 0.25) is 0 Å². The molecular formula is C20H21N3O2. The van der Waals surface area contributed by atoms with E-state index in [1.807, 2.05) is 13.0 Å². The molecule has 5 nitrogen and oxygen atoms in total. The van der Waals surface area contributed by atoms with Crippen molar-refractivity contribution in [2.24, 2.45) is 5.92 Å². The van der Waals surface area contributed by atoms with E-state index in [1.165, 1.54) is 5.56 Å². The lowest BCUT2D eigenvalue weighted by molar-refractivity contribution is 0.0931. The highest BCUT2D eigenvalue weighted by atomic mass is 16.5. The van der Waals surface area contributed by atoms with Gasteiger partial charge in [0.15, 0.2) is 0 Å². The minimum Gasteiger partial charge on any atom is -0.345 e. The van der Waals surface area contributed by atoms with Gasteiger partial charge in [-0.05, 0) is 43.7 Å². The summed E-state index contributed by atoms with van der Waals surface area (Å²) in [5.41, 5.74) is 4.23. The van der Waals surface area contributed by atoms with Gasteiger partial charge in [-0.15, -0.1) is 0 Å². The fourth-order valence-electron chi connectivity index (χ4n) is 3.16. The van der Waals surface area contributed by atoms with Crippen molar-refractivity contribution in [3.8, 4) is 0 Å². The molecule has 1 unspecified atom stereocenters. The Morgan fingerprint density at radius 1 is 1.32 bits per heavy atom. The van der Waals surface area contributed by atoms with Crippen LogP contribution in [0.4, 0.5) is 0 Å². The van der Waals surface area contributed by atoms with E-state index in [4.69, 9.17) is 4.52 Å². The van der Waals surface area contributed by atoms with Gasteiger partial charge < -0.3 is 9.84 Å². The minimum atomic E-state index is -0.102. The summed E-state index contributed by atoms with van der Waals surface area (Å²) in [5.74, 6) is 0.417. The maximum atomic E-state index is 12.8. The third-order valence-electron chi connectivity index (χ3n) is 4.82. The lowest BCUT2D eigenvalue weighted by atomic mass is 10.0. The Morgan fingerprint density at radius 2 is 2.08 bits per heavy atom. The molecule has 4 rings (SSSR count). The van der Waals surface area contributed by atoms with Gasteiger partial charge in [0.2, 0.25) is 0 Å². The normalized spacial score (nSPS) is 15.3. The molecule has 1 fully saturated rings. The lowest BCUT2D eigenvalue weighted by Crippen LogP contribution is -2.30. The van der Waals surface area contributed by atoms with Crippen LogP contribution in [0.15, 0.2) is 41.1 Å². The number of hydrogen-bond donors (Lipinski definition) is 1. The molecule has 128 valence electrons. The van der Waals surface area contributed by atoms with E-state index < -0.39 is 0 Å². The number of benzene rings is 1. The zero-order valence-electron chi connectivity index (χ0n) is 14.5. The van der Waals surface area contributed by atoms with Gasteiger partial charge in [-0.3, -0.25) is 4.79 Å². The van der Waals surface area contributed by atoms with Gasteiger partial charge in [0.05, 0.1) is 22.7 Å². The molecule has 0 saturated heterocycles. The largest absolute Gasteiger partial charge is 0.345 e. The Morgan fingerprint density at radius 3 is 2.76 bits per heavy atom. The smallest absolute Gasteiger partial charge is 0.257 e. The van der Waals surface area contributed by atoms with Gasteiger partial charge in [-0.25, -0.2) is 4.98 Å². The first-order valence-electron chi connectivity index (χ1n) is 8.77. The molecule has 1 aromatic carbocycles. The standard InChI is InChI=1S/C20H21N3O2/c1-3-17-16-10-15(11-21-20(16)25-23-17)19(24)22-18(14-8-9-14)13-6-4-12(2)5-7-13/h4-7,10-11,14,18H,3,8-9H2,1-2H3,(H,22,24). The Kier molecular flexibility index (Phi) is 3.99. The van der Waals surface area contributed by atoms with Crippen LogP contribution in [0.25, 0.3) is 11.1 Å². The van der Waals surface area contributed by atoms with Crippen LogP contribution in [0, 0.1) is 12.8 Å². The quantitative estimate of drug-likeness (QED) is 0.766. The number of aryl methyl sites for hydroxylation is 2. The molecule has 25 heavy (non-hydrogen) atoms. The fourth-order valence-corrected chi connectivity index (χ4v) is 3.16. The predicted octanol–water partition coefficient (Wildman–Crippen LogP) is 3.97. The summed E-state index contributed by atoms with van der Waals surface area (Å²) in [4.78, 5) is 17.0. The fraction of sp³-hybridized carbons (Fsp3) is 0.350. The van der Waals surface area contributed by atoms with Gasteiger partial charge >= 0.3 is 0 Å². The van der Waals surface area contributed by atoms with Crippen LogP contribution < -0.4 is 5.32 Å². The van der Waals surface area contributed by atoms with Crippen LogP contribution in [0.1, 0.15) is 53.0 Å². The first kappa shape index (κ1) is 15.8. The van der Waals surface area contributed by atoms with Crippen molar-refractivity contribution < 1.29 is 9.32 Å². The van der Waals surface area contributed by atoms with E-state index in [-0.39, 0.29) is 11.9 Å². The van der Waals surface area contributed by atoms with Crippen LogP contribution >= 0.6 is 0 Å². The van der Waals surface area contributed by atoms with Crippen molar-refractivity contribution >= 4 is 17.0 Å². The third kappa shape index (κ3) is 3.14. The van der Waals surface area contributed by atoms with E-state index in [0.29, 0.717) is 17.2 Å². The second-order valence-electron chi connectivity index (χ2n) is 6.76. The van der Waals surface area contributed by atoms with Gasteiger partial charge in [0.25, 0.3) is 11.6 Å². The minimum absolute atomic E-state index is 0.0527. The first-order chi connectivity index (χ1) is 12.2. The number of rotatable bonds is 5. The Hall–Kier alpha value is -2.69. The number of fused-ring (bicyclic) bond motifs is 1. The summed E-state index contributed by atoms with van der Waals surface area (Å²) in [6.45, 7) is 4.07. The van der Waals surface area contributed by atoms with E-state index in [0.717, 1.165) is 35.9 Å². The molecule has 1 aliphatic rings. The monoisotopic (exact) mass is 335 g/mol. The van der Waals surface area contributed by atoms with Crippen LogP contribution in [-0.2, 0) is 6.42 Å². The molecule has 1 aliphatic carbocycles. The molecule has 0 spiro atoms. The third-order valence-corrected chi connectivity index (χ3v) is 4.82. The number of amides is 1. The number of nitrogens with zero attached hydrogens (tertiary/aromatic N) is 2. The number of carbonyl (C=O) groups is 1. The van der Waals surface area contributed by atoms with Crippen molar-refractivity contribution in [1.82, 2.24) is 15.5 Å². The molecule has 0 bridgehead atoms. The van der Waals surface area contributed by atoms with Crippen molar-refractivity contribution in [1.29, 1.82) is 0 Å². The van der Waals surface area contributed by atoms with Gasteiger partial charge in [0, 0.05) is 6.20 Å². The van der Waals surface area contributed by atoms with E-state index in [9.17, 15) is 4.79 Å². The summed E-state index contributed by atoms with van der Waals surface area (Å²) in [7, 11) is 0. The highest BCUT2D eigenvalue weighted by Gasteiger charge is 2.33. The molecule has 0 aliphatic heterocycles. The second kappa shape index (κ2) is 6.31. The summed E-state index contributed by atoms with van der Waals surface area (Å²) < 4.78 is 5.19. The summed E-state index contributed by atoms with van der Waals surface area (Å²) in [6, 6.07) is 10.3. The van der Waals surface area contributed by atoms with Crippen LogP contribution in [0.3, 0.4) is 0 Å². The molecule has 2 heterocycles. The van der Waals surface area contributed by atoms with Crippen molar-refractivity contribution in [3.63, 3.8) is 0 Å². The highest BCUT2D eigenvalue weighted by Crippen LogP contribution is 2.41. The number of hydrogen-bond acceptors (Lipinski definition) is 4. The zero-order chi connectivity index (χ0) is 17.4. The zero-order valence-corrected chi connectivity index (χ0v) is 14.5. The summed E-state index contributed by atoms with van der Waals surface area (Å²) in [5, 5.41) is 8.01. The predicted molar refractivity (Wildman–Crippen MR) is 95.3 cm³/mol.